The van der Waals surface area contributed by atoms with E-state index in [0.29, 0.717) is 11.1 Å². The van der Waals surface area contributed by atoms with Gasteiger partial charge >= 0.3 is 0 Å². The number of anilines is 1. The van der Waals surface area contributed by atoms with Gasteiger partial charge in [-0.2, -0.15) is 5.26 Å². The normalized spacial score (nSPS) is 10.8. The molecule has 0 spiro atoms. The molecule has 2 aromatic rings. The maximum absolute atomic E-state index is 10.9. The molecule has 0 unspecified atom stereocenters. The first kappa shape index (κ1) is 22.2. The highest BCUT2D eigenvalue weighted by atomic mass is 16.6. The van der Waals surface area contributed by atoms with Gasteiger partial charge in [0.2, 0.25) is 0 Å². The number of hydrogen-bond donors (Lipinski definition) is 0. The number of benzene rings is 2. The van der Waals surface area contributed by atoms with Crippen molar-refractivity contribution in [2.45, 2.75) is 46.5 Å². The first-order valence-electron chi connectivity index (χ1n) is 10.2. The van der Waals surface area contributed by atoms with Crippen molar-refractivity contribution in [3.8, 4) is 6.07 Å². The molecule has 0 bridgehead atoms. The fraction of sp³-hybridized carbons (Fsp3) is 0.375. The predicted molar refractivity (Wildman–Crippen MR) is 120 cm³/mol. The minimum atomic E-state index is -0.486. The Bertz CT molecular complexity index is 905. The summed E-state index contributed by atoms with van der Waals surface area (Å²) in [6.07, 6.45) is 8.53. The largest absolute Gasteiger partial charge is 0.372 e. The van der Waals surface area contributed by atoms with Crippen molar-refractivity contribution in [2.75, 3.05) is 18.0 Å². The van der Waals surface area contributed by atoms with E-state index in [9.17, 15) is 15.4 Å². The lowest BCUT2D eigenvalue weighted by Gasteiger charge is -2.25. The van der Waals surface area contributed by atoms with Crippen molar-refractivity contribution in [1.82, 2.24) is 0 Å². The van der Waals surface area contributed by atoms with Crippen molar-refractivity contribution in [3.63, 3.8) is 0 Å². The standard InChI is InChI=1S/C24H29N3O2/c1-4-6-14-26(15-7-5-2)23-12-10-20(19(3)16-23)8-9-21-11-13-24(27(28)29)17-22(21)18-25/h8-13,16-17H,4-7,14-15H2,1-3H3. The highest BCUT2D eigenvalue weighted by Gasteiger charge is 2.10. The van der Waals surface area contributed by atoms with Crippen LogP contribution in [0.3, 0.4) is 0 Å². The van der Waals surface area contributed by atoms with E-state index in [1.807, 2.05) is 18.2 Å². The van der Waals surface area contributed by atoms with Crippen molar-refractivity contribution in [1.29, 1.82) is 5.26 Å². The van der Waals surface area contributed by atoms with Gasteiger partial charge in [-0.3, -0.25) is 10.1 Å². The molecule has 0 aliphatic heterocycles. The molecule has 5 nitrogen and oxygen atoms in total. The molecule has 0 saturated heterocycles. The van der Waals surface area contributed by atoms with Crippen LogP contribution in [0, 0.1) is 28.4 Å². The summed E-state index contributed by atoms with van der Waals surface area (Å²) in [4.78, 5) is 12.9. The summed E-state index contributed by atoms with van der Waals surface area (Å²) in [5, 5.41) is 20.2. The Morgan fingerprint density at radius 3 is 2.21 bits per heavy atom. The monoisotopic (exact) mass is 391 g/mol. The molecule has 5 heteroatoms. The summed E-state index contributed by atoms with van der Waals surface area (Å²) >= 11 is 0. The highest BCUT2D eigenvalue weighted by Crippen LogP contribution is 2.24. The molecule has 0 aliphatic carbocycles. The lowest BCUT2D eigenvalue weighted by atomic mass is 10.0. The summed E-state index contributed by atoms with van der Waals surface area (Å²) < 4.78 is 0. The Morgan fingerprint density at radius 2 is 1.66 bits per heavy atom. The van der Waals surface area contributed by atoms with Crippen LogP contribution < -0.4 is 4.90 Å². The SMILES string of the molecule is CCCCN(CCCC)c1ccc(C=Cc2ccc([N+](=O)[O-])cc2C#N)c(C)c1. The maximum atomic E-state index is 10.9. The number of aryl methyl sites for hydroxylation is 1. The van der Waals surface area contributed by atoms with Gasteiger partial charge in [-0.1, -0.05) is 44.9 Å². The average molecular weight is 392 g/mol. The number of nitriles is 1. The molecular formula is C24H29N3O2. The third-order valence-corrected chi connectivity index (χ3v) is 4.99. The van der Waals surface area contributed by atoms with E-state index in [1.165, 1.54) is 43.5 Å². The van der Waals surface area contributed by atoms with E-state index >= 15 is 0 Å². The number of non-ortho nitro benzene ring substituents is 1. The van der Waals surface area contributed by atoms with E-state index < -0.39 is 4.92 Å². The molecular weight excluding hydrogens is 362 g/mol. The number of hydrogen-bond acceptors (Lipinski definition) is 4. The number of rotatable bonds is 10. The van der Waals surface area contributed by atoms with Crippen LogP contribution in [-0.4, -0.2) is 18.0 Å². The number of nitro groups is 1. The van der Waals surface area contributed by atoms with Crippen LogP contribution in [0.1, 0.15) is 61.8 Å². The number of nitro benzene ring substituents is 1. The average Bonchev–Trinajstić information content (AvgIpc) is 2.72. The molecule has 0 heterocycles. The van der Waals surface area contributed by atoms with E-state index in [1.54, 1.807) is 6.07 Å². The second kappa shape index (κ2) is 11.0. The minimum Gasteiger partial charge on any atom is -0.372 e. The minimum absolute atomic E-state index is 0.0708. The van der Waals surface area contributed by atoms with Crippen LogP contribution in [0.25, 0.3) is 12.2 Å². The van der Waals surface area contributed by atoms with Gasteiger partial charge in [-0.25, -0.2) is 0 Å². The van der Waals surface area contributed by atoms with Gasteiger partial charge in [0, 0.05) is 30.9 Å². The molecule has 0 aromatic heterocycles. The topological polar surface area (TPSA) is 70.2 Å². The van der Waals surface area contributed by atoms with Gasteiger partial charge in [0.15, 0.2) is 0 Å². The zero-order valence-electron chi connectivity index (χ0n) is 17.5. The molecule has 2 aromatic carbocycles. The molecule has 0 radical (unpaired) electrons. The highest BCUT2D eigenvalue weighted by molar-refractivity contribution is 5.75. The van der Waals surface area contributed by atoms with E-state index in [-0.39, 0.29) is 5.69 Å². The number of nitrogens with zero attached hydrogens (tertiary/aromatic N) is 3. The van der Waals surface area contributed by atoms with E-state index in [0.717, 1.165) is 24.2 Å². The van der Waals surface area contributed by atoms with Crippen molar-refractivity contribution in [3.05, 3.63) is 68.8 Å². The molecule has 152 valence electrons. The van der Waals surface area contributed by atoms with Gasteiger partial charge in [-0.05, 0) is 54.7 Å². The Morgan fingerprint density at radius 1 is 1.03 bits per heavy atom. The lowest BCUT2D eigenvalue weighted by molar-refractivity contribution is -0.384. The molecule has 0 fully saturated rings. The van der Waals surface area contributed by atoms with Crippen LogP contribution in [0.15, 0.2) is 36.4 Å². The lowest BCUT2D eigenvalue weighted by Crippen LogP contribution is -2.25. The van der Waals surface area contributed by atoms with Gasteiger partial charge in [-0.15, -0.1) is 0 Å². The molecule has 0 N–H and O–H groups in total. The quantitative estimate of drug-likeness (QED) is 0.269. The van der Waals surface area contributed by atoms with Crippen molar-refractivity contribution >= 4 is 23.5 Å². The van der Waals surface area contributed by atoms with Crippen LogP contribution >= 0.6 is 0 Å². The molecule has 2 rings (SSSR count). The fourth-order valence-electron chi connectivity index (χ4n) is 3.19. The predicted octanol–water partition coefficient (Wildman–Crippen LogP) is 6.35. The van der Waals surface area contributed by atoms with Gasteiger partial charge < -0.3 is 4.90 Å². The van der Waals surface area contributed by atoms with Gasteiger partial charge in [0.1, 0.15) is 6.07 Å². The Balaban J connectivity index is 2.24. The molecule has 0 atom stereocenters. The van der Waals surface area contributed by atoms with E-state index in [2.05, 4.69) is 43.9 Å². The summed E-state index contributed by atoms with van der Waals surface area (Å²) in [5.74, 6) is 0. The fourth-order valence-corrected chi connectivity index (χ4v) is 3.19. The van der Waals surface area contributed by atoms with Gasteiger partial charge in [0.05, 0.1) is 10.5 Å². The van der Waals surface area contributed by atoms with E-state index in [4.69, 9.17) is 0 Å². The van der Waals surface area contributed by atoms with Crippen LogP contribution in [-0.2, 0) is 0 Å². The van der Waals surface area contributed by atoms with Crippen LogP contribution in [0.5, 0.6) is 0 Å². The molecule has 0 amide bonds. The molecule has 0 saturated carbocycles. The zero-order chi connectivity index (χ0) is 21.2. The second-order valence-corrected chi connectivity index (χ2v) is 7.21. The first-order chi connectivity index (χ1) is 14.0. The third kappa shape index (κ3) is 6.18. The zero-order valence-corrected chi connectivity index (χ0v) is 17.5. The van der Waals surface area contributed by atoms with Crippen LogP contribution in [0.4, 0.5) is 11.4 Å². The first-order valence-corrected chi connectivity index (χ1v) is 10.2. The van der Waals surface area contributed by atoms with Crippen molar-refractivity contribution < 1.29 is 4.92 Å². The summed E-state index contributed by atoms with van der Waals surface area (Å²) in [6.45, 7) is 8.65. The van der Waals surface area contributed by atoms with Gasteiger partial charge in [0.25, 0.3) is 5.69 Å². The maximum Gasteiger partial charge on any atom is 0.270 e. The Kier molecular flexibility index (Phi) is 8.42. The van der Waals surface area contributed by atoms with Crippen molar-refractivity contribution in [2.24, 2.45) is 0 Å². The molecule has 0 aliphatic rings. The summed E-state index contributed by atoms with van der Waals surface area (Å²) in [7, 11) is 0. The summed E-state index contributed by atoms with van der Waals surface area (Å²) in [6, 6.07) is 12.9. The Labute approximate surface area is 173 Å². The second-order valence-electron chi connectivity index (χ2n) is 7.21. The Hall–Kier alpha value is -3.13. The third-order valence-electron chi connectivity index (χ3n) is 4.99. The number of unbranched alkanes of at least 4 members (excludes halogenated alkanes) is 2. The molecule has 29 heavy (non-hydrogen) atoms. The smallest absolute Gasteiger partial charge is 0.270 e. The van der Waals surface area contributed by atoms with Crippen LogP contribution in [0.2, 0.25) is 0 Å². The summed E-state index contributed by atoms with van der Waals surface area (Å²) in [5.41, 5.74) is 4.39.